The van der Waals surface area contributed by atoms with E-state index < -0.39 is 17.7 Å². The molecule has 0 fully saturated rings. The summed E-state index contributed by atoms with van der Waals surface area (Å²) in [5.74, 6) is -1.44. The fourth-order valence-corrected chi connectivity index (χ4v) is 4.59. The van der Waals surface area contributed by atoms with Gasteiger partial charge in [0.15, 0.2) is 5.76 Å². The lowest BCUT2D eigenvalue weighted by atomic mass is 9.94. The first-order chi connectivity index (χ1) is 13.9. The molecule has 1 aromatic heterocycles. The van der Waals surface area contributed by atoms with Gasteiger partial charge in [0.25, 0.3) is 5.91 Å². The molecule has 4 rings (SSSR count). The minimum absolute atomic E-state index is 0.0937. The van der Waals surface area contributed by atoms with Crippen LogP contribution in [0, 0.1) is 20.8 Å². The quantitative estimate of drug-likeness (QED) is 0.631. The summed E-state index contributed by atoms with van der Waals surface area (Å²) in [5, 5.41) is 11.5. The molecule has 6 heteroatoms. The molecule has 2 heterocycles. The summed E-state index contributed by atoms with van der Waals surface area (Å²) in [6, 6.07) is 16.0. The molecule has 5 nitrogen and oxygen atoms in total. The van der Waals surface area contributed by atoms with Gasteiger partial charge < -0.3 is 5.11 Å². The van der Waals surface area contributed by atoms with Gasteiger partial charge in [-0.05, 0) is 38.5 Å². The first kappa shape index (κ1) is 19.1. The van der Waals surface area contributed by atoms with E-state index in [1.807, 2.05) is 56.3 Å². The predicted molar refractivity (Wildman–Crippen MR) is 113 cm³/mol. The van der Waals surface area contributed by atoms with Crippen LogP contribution >= 0.6 is 11.3 Å². The van der Waals surface area contributed by atoms with Crippen molar-refractivity contribution in [3.8, 4) is 0 Å². The van der Waals surface area contributed by atoms with Crippen molar-refractivity contribution in [1.82, 2.24) is 4.98 Å². The lowest BCUT2D eigenvalue weighted by Gasteiger charge is -2.27. The van der Waals surface area contributed by atoms with Crippen LogP contribution in [0.15, 0.2) is 65.9 Å². The van der Waals surface area contributed by atoms with E-state index in [1.165, 1.54) is 16.2 Å². The molecule has 0 radical (unpaired) electrons. The second-order valence-corrected chi connectivity index (χ2v) is 8.27. The highest BCUT2D eigenvalue weighted by Gasteiger charge is 2.45. The van der Waals surface area contributed by atoms with E-state index in [1.54, 1.807) is 19.1 Å². The van der Waals surface area contributed by atoms with Gasteiger partial charge in [0, 0.05) is 5.69 Å². The number of nitrogens with zero attached hydrogens (tertiary/aromatic N) is 2. The highest BCUT2D eigenvalue weighted by atomic mass is 32.1. The third-order valence-corrected chi connectivity index (χ3v) is 6.03. The first-order valence-corrected chi connectivity index (χ1v) is 10.1. The molecule has 1 aliphatic heterocycles. The highest BCUT2D eigenvalue weighted by molar-refractivity contribution is 7.14. The fraction of sp³-hybridized carbons (Fsp3) is 0.174. The summed E-state index contributed by atoms with van der Waals surface area (Å²) in [6.45, 7) is 5.55. The van der Waals surface area contributed by atoms with Crippen LogP contribution < -0.4 is 4.90 Å². The molecule has 0 bridgehead atoms. The number of aliphatic hydroxyl groups is 1. The number of carbonyl (C=O) groups is 2. The van der Waals surface area contributed by atoms with Crippen LogP contribution in [0.25, 0.3) is 0 Å². The van der Waals surface area contributed by atoms with Crippen molar-refractivity contribution in [3.63, 3.8) is 0 Å². The summed E-state index contributed by atoms with van der Waals surface area (Å²) in [4.78, 5) is 32.8. The van der Waals surface area contributed by atoms with E-state index in [0.717, 1.165) is 16.1 Å². The van der Waals surface area contributed by atoms with Crippen LogP contribution in [-0.4, -0.2) is 21.8 Å². The molecule has 2 aromatic carbocycles. The Morgan fingerprint density at radius 1 is 1.07 bits per heavy atom. The van der Waals surface area contributed by atoms with E-state index in [-0.39, 0.29) is 11.4 Å². The molecule has 146 valence electrons. The molecule has 1 N–H and O–H groups in total. The zero-order valence-corrected chi connectivity index (χ0v) is 17.2. The van der Waals surface area contributed by atoms with E-state index in [2.05, 4.69) is 4.98 Å². The Balaban J connectivity index is 1.91. The Labute approximate surface area is 173 Å². The number of benzene rings is 2. The van der Waals surface area contributed by atoms with Crippen molar-refractivity contribution in [2.24, 2.45) is 0 Å². The zero-order valence-electron chi connectivity index (χ0n) is 16.3. The number of hydrogen-bond acceptors (Lipinski definition) is 5. The second kappa shape index (κ2) is 7.29. The van der Waals surface area contributed by atoms with Gasteiger partial charge in [-0.25, -0.2) is 4.98 Å². The minimum Gasteiger partial charge on any atom is -0.503 e. The smallest absolute Gasteiger partial charge is 0.294 e. The maximum absolute atomic E-state index is 13.5. The first-order valence-electron chi connectivity index (χ1n) is 9.25. The van der Waals surface area contributed by atoms with Crippen LogP contribution in [0.2, 0.25) is 0 Å². The van der Waals surface area contributed by atoms with Crippen molar-refractivity contribution in [2.45, 2.75) is 26.8 Å². The summed E-state index contributed by atoms with van der Waals surface area (Å²) >= 11 is 1.27. The molecule has 1 atom stereocenters. The van der Waals surface area contributed by atoms with Crippen LogP contribution in [0.4, 0.5) is 5.69 Å². The number of thiazole rings is 1. The van der Waals surface area contributed by atoms with Gasteiger partial charge in [0.05, 0.1) is 27.2 Å². The average molecular weight is 404 g/mol. The SMILES string of the molecule is Cc1cccc(C2C(C(=O)c3sc(C)nc3C)=C(O)C(=O)N2c2ccccc2)c1. The topological polar surface area (TPSA) is 70.5 Å². The van der Waals surface area contributed by atoms with Crippen LogP contribution in [0.1, 0.15) is 37.5 Å². The molecule has 0 spiro atoms. The van der Waals surface area contributed by atoms with Gasteiger partial charge in [0.1, 0.15) is 0 Å². The molecular weight excluding hydrogens is 384 g/mol. The van der Waals surface area contributed by atoms with Crippen molar-refractivity contribution >= 4 is 28.7 Å². The number of anilines is 1. The second-order valence-electron chi connectivity index (χ2n) is 7.07. The van der Waals surface area contributed by atoms with Crippen molar-refractivity contribution in [1.29, 1.82) is 0 Å². The number of rotatable bonds is 4. The fourth-order valence-electron chi connectivity index (χ4n) is 3.71. The molecule has 0 saturated carbocycles. The molecule has 29 heavy (non-hydrogen) atoms. The van der Waals surface area contributed by atoms with Gasteiger partial charge in [-0.2, -0.15) is 0 Å². The molecule has 0 aliphatic carbocycles. The Kier molecular flexibility index (Phi) is 4.80. The Morgan fingerprint density at radius 3 is 2.41 bits per heavy atom. The summed E-state index contributed by atoms with van der Waals surface area (Å²) in [5.41, 5.74) is 3.10. The third kappa shape index (κ3) is 3.25. The third-order valence-electron chi connectivity index (χ3n) is 4.95. The maximum atomic E-state index is 13.5. The monoisotopic (exact) mass is 404 g/mol. The minimum atomic E-state index is -0.709. The Hall–Kier alpha value is -3.25. The van der Waals surface area contributed by atoms with Crippen molar-refractivity contribution in [2.75, 3.05) is 4.90 Å². The highest BCUT2D eigenvalue weighted by Crippen LogP contribution is 2.42. The molecule has 1 aliphatic rings. The van der Waals surface area contributed by atoms with Crippen molar-refractivity contribution < 1.29 is 14.7 Å². The van der Waals surface area contributed by atoms with Crippen LogP contribution in [0.5, 0.6) is 0 Å². The number of para-hydroxylation sites is 1. The number of aliphatic hydroxyl groups excluding tert-OH is 1. The van der Waals surface area contributed by atoms with Gasteiger partial charge in [-0.1, -0.05) is 48.0 Å². The van der Waals surface area contributed by atoms with Crippen LogP contribution in [-0.2, 0) is 4.79 Å². The summed E-state index contributed by atoms with van der Waals surface area (Å²) in [7, 11) is 0. The summed E-state index contributed by atoms with van der Waals surface area (Å²) < 4.78 is 0. The standard InChI is InChI=1S/C23H20N2O3S/c1-13-8-7-9-16(12-13)19-18(20(26)22-14(2)24-15(3)29-22)21(27)23(28)25(19)17-10-5-4-6-11-17/h4-12,19,27H,1-3H3. The van der Waals surface area contributed by atoms with E-state index in [4.69, 9.17) is 0 Å². The number of hydrogen-bond donors (Lipinski definition) is 1. The average Bonchev–Trinajstić information content (AvgIpc) is 3.18. The van der Waals surface area contributed by atoms with E-state index in [0.29, 0.717) is 16.3 Å². The Morgan fingerprint density at radius 2 is 1.79 bits per heavy atom. The number of aryl methyl sites for hydroxylation is 3. The van der Waals surface area contributed by atoms with Gasteiger partial charge in [-0.3, -0.25) is 14.5 Å². The maximum Gasteiger partial charge on any atom is 0.294 e. The molecule has 3 aromatic rings. The lowest BCUT2D eigenvalue weighted by Crippen LogP contribution is -2.31. The van der Waals surface area contributed by atoms with Crippen LogP contribution in [0.3, 0.4) is 0 Å². The lowest BCUT2D eigenvalue weighted by molar-refractivity contribution is -0.117. The van der Waals surface area contributed by atoms with E-state index in [9.17, 15) is 14.7 Å². The normalized spacial score (nSPS) is 16.6. The number of aromatic nitrogens is 1. The number of Topliss-reactive ketones (excluding diaryl/α,β-unsaturated/α-hetero) is 1. The Bertz CT molecular complexity index is 1150. The number of amides is 1. The molecule has 1 amide bonds. The number of carbonyl (C=O) groups excluding carboxylic acids is 2. The zero-order chi connectivity index (χ0) is 20.7. The molecular formula is C23H20N2O3S. The van der Waals surface area contributed by atoms with Gasteiger partial charge in [-0.15, -0.1) is 11.3 Å². The predicted octanol–water partition coefficient (Wildman–Crippen LogP) is 4.85. The van der Waals surface area contributed by atoms with E-state index >= 15 is 0 Å². The van der Waals surface area contributed by atoms with Gasteiger partial charge >= 0.3 is 0 Å². The molecule has 1 unspecified atom stereocenters. The van der Waals surface area contributed by atoms with Crippen molar-refractivity contribution in [3.05, 3.63) is 92.6 Å². The largest absolute Gasteiger partial charge is 0.503 e. The summed E-state index contributed by atoms with van der Waals surface area (Å²) in [6.07, 6.45) is 0. The number of ketones is 1. The van der Waals surface area contributed by atoms with Gasteiger partial charge in [0.2, 0.25) is 5.78 Å². The molecule has 0 saturated heterocycles.